The molecule has 0 aliphatic heterocycles. The summed E-state index contributed by atoms with van der Waals surface area (Å²) in [6, 6.07) is 4.71. The fourth-order valence-corrected chi connectivity index (χ4v) is 1.21. The maximum Gasteiger partial charge on any atom is 0.288 e. The van der Waals surface area contributed by atoms with E-state index in [0.29, 0.717) is 13.0 Å². The van der Waals surface area contributed by atoms with Gasteiger partial charge in [0.2, 0.25) is 0 Å². The highest BCUT2D eigenvalue weighted by molar-refractivity contribution is 6.32. The van der Waals surface area contributed by atoms with Gasteiger partial charge in [0.25, 0.3) is 5.69 Å². The van der Waals surface area contributed by atoms with Crippen LogP contribution in [0.3, 0.4) is 0 Å². The van der Waals surface area contributed by atoms with Gasteiger partial charge in [0, 0.05) is 6.07 Å². The molecule has 2 N–H and O–H groups in total. The molecule has 0 aliphatic carbocycles. The molecule has 0 amide bonds. The van der Waals surface area contributed by atoms with Crippen molar-refractivity contribution in [3.63, 3.8) is 0 Å². The lowest BCUT2D eigenvalue weighted by atomic mass is 10.1. The number of benzene rings is 1. The molecule has 0 saturated carbocycles. The van der Waals surface area contributed by atoms with Gasteiger partial charge >= 0.3 is 0 Å². The number of nitro benzene ring substituents is 1. The summed E-state index contributed by atoms with van der Waals surface area (Å²) in [5.41, 5.74) is 6.09. The molecule has 0 fully saturated rings. The van der Waals surface area contributed by atoms with E-state index in [9.17, 15) is 10.1 Å². The Kier molecular flexibility index (Phi) is 5.45. The number of nitrogens with two attached hydrogens (primary N) is 1. The summed E-state index contributed by atoms with van der Waals surface area (Å²) in [6.07, 6.45) is 0.623. The van der Waals surface area contributed by atoms with Gasteiger partial charge in [0.15, 0.2) is 0 Å². The van der Waals surface area contributed by atoms with Gasteiger partial charge in [0.05, 0.1) is 4.92 Å². The van der Waals surface area contributed by atoms with Gasteiger partial charge in [-0.2, -0.15) is 0 Å². The molecule has 0 unspecified atom stereocenters. The molecule has 6 heteroatoms. The molecular formula is C8H10Cl2N2O2. The predicted octanol–water partition coefficient (Wildman–Crippen LogP) is 2.17. The quantitative estimate of drug-likeness (QED) is 0.646. The highest BCUT2D eigenvalue weighted by Gasteiger charge is 2.11. The lowest BCUT2D eigenvalue weighted by Gasteiger charge is -1.99. The Hall–Kier alpha value is -0.840. The SMILES string of the molecule is Cl.NCCc1ccc(Cl)c([N+](=O)[O-])c1. The summed E-state index contributed by atoms with van der Waals surface area (Å²) in [7, 11) is 0. The standard InChI is InChI=1S/C8H9ClN2O2.ClH/c9-7-2-1-6(3-4-10)5-8(7)11(12)13;/h1-2,5H,3-4,10H2;1H. The molecule has 1 aromatic rings. The number of hydrogen-bond donors (Lipinski definition) is 1. The van der Waals surface area contributed by atoms with Crippen LogP contribution in [0.25, 0.3) is 0 Å². The average Bonchev–Trinajstić information content (AvgIpc) is 2.08. The van der Waals surface area contributed by atoms with E-state index < -0.39 is 4.92 Å². The minimum absolute atomic E-state index is 0. The molecular weight excluding hydrogens is 227 g/mol. The Morgan fingerprint density at radius 3 is 2.64 bits per heavy atom. The molecule has 1 aromatic carbocycles. The van der Waals surface area contributed by atoms with Gasteiger partial charge in [0.1, 0.15) is 5.02 Å². The molecule has 0 radical (unpaired) electrons. The first kappa shape index (κ1) is 13.2. The van der Waals surface area contributed by atoms with Crippen molar-refractivity contribution in [3.8, 4) is 0 Å². The molecule has 0 bridgehead atoms. The zero-order chi connectivity index (χ0) is 9.84. The smallest absolute Gasteiger partial charge is 0.288 e. The summed E-state index contributed by atoms with van der Waals surface area (Å²) >= 11 is 5.62. The lowest BCUT2D eigenvalue weighted by Crippen LogP contribution is -2.03. The van der Waals surface area contributed by atoms with Crippen molar-refractivity contribution in [1.82, 2.24) is 0 Å². The topological polar surface area (TPSA) is 69.2 Å². The predicted molar refractivity (Wildman–Crippen MR) is 58.1 cm³/mol. The van der Waals surface area contributed by atoms with Crippen LogP contribution >= 0.6 is 24.0 Å². The van der Waals surface area contributed by atoms with Gasteiger partial charge < -0.3 is 5.73 Å². The second kappa shape index (κ2) is 5.80. The molecule has 0 aliphatic rings. The highest BCUT2D eigenvalue weighted by atomic mass is 35.5. The molecule has 0 saturated heterocycles. The summed E-state index contributed by atoms with van der Waals surface area (Å²) in [5, 5.41) is 10.6. The summed E-state index contributed by atoms with van der Waals surface area (Å²) in [4.78, 5) is 9.97. The summed E-state index contributed by atoms with van der Waals surface area (Å²) < 4.78 is 0. The summed E-state index contributed by atoms with van der Waals surface area (Å²) in [6.45, 7) is 0.471. The third kappa shape index (κ3) is 3.14. The van der Waals surface area contributed by atoms with E-state index in [1.165, 1.54) is 12.1 Å². The van der Waals surface area contributed by atoms with E-state index in [0.717, 1.165) is 5.56 Å². The molecule has 1 rings (SSSR count). The van der Waals surface area contributed by atoms with E-state index in [4.69, 9.17) is 17.3 Å². The van der Waals surface area contributed by atoms with Crippen molar-refractivity contribution in [1.29, 1.82) is 0 Å². The highest BCUT2D eigenvalue weighted by Crippen LogP contribution is 2.24. The van der Waals surface area contributed by atoms with Crippen LogP contribution in [0.4, 0.5) is 5.69 Å². The first-order valence-electron chi connectivity index (χ1n) is 3.78. The van der Waals surface area contributed by atoms with Crippen LogP contribution in [0, 0.1) is 10.1 Å². The van der Waals surface area contributed by atoms with E-state index in [1.54, 1.807) is 6.07 Å². The minimum Gasteiger partial charge on any atom is -0.330 e. The van der Waals surface area contributed by atoms with Crippen molar-refractivity contribution in [3.05, 3.63) is 38.9 Å². The fourth-order valence-electron chi connectivity index (χ4n) is 1.02. The number of nitro groups is 1. The summed E-state index contributed by atoms with van der Waals surface area (Å²) in [5.74, 6) is 0. The van der Waals surface area contributed by atoms with Crippen LogP contribution in [0.5, 0.6) is 0 Å². The van der Waals surface area contributed by atoms with Gasteiger partial charge in [-0.05, 0) is 24.6 Å². The zero-order valence-corrected chi connectivity index (χ0v) is 8.85. The number of rotatable bonds is 3. The van der Waals surface area contributed by atoms with Gasteiger partial charge in [-0.3, -0.25) is 10.1 Å². The Balaban J connectivity index is 0.00000169. The maximum absolute atomic E-state index is 10.5. The monoisotopic (exact) mass is 236 g/mol. The number of halogens is 2. The first-order chi connectivity index (χ1) is 6.15. The fraction of sp³-hybridized carbons (Fsp3) is 0.250. The van der Waals surface area contributed by atoms with E-state index in [-0.39, 0.29) is 23.1 Å². The average molecular weight is 237 g/mol. The van der Waals surface area contributed by atoms with Crippen LogP contribution in [0.2, 0.25) is 5.02 Å². The van der Waals surface area contributed by atoms with E-state index in [2.05, 4.69) is 0 Å². The number of hydrogen-bond acceptors (Lipinski definition) is 3. The number of nitrogens with zero attached hydrogens (tertiary/aromatic N) is 1. The Morgan fingerprint density at radius 2 is 2.14 bits per heavy atom. The van der Waals surface area contributed by atoms with Crippen molar-refractivity contribution in [2.45, 2.75) is 6.42 Å². The van der Waals surface area contributed by atoms with Crippen LogP contribution in [-0.2, 0) is 6.42 Å². The molecule has 0 spiro atoms. The van der Waals surface area contributed by atoms with Crippen molar-refractivity contribution in [2.24, 2.45) is 5.73 Å². The van der Waals surface area contributed by atoms with Crippen LogP contribution in [0.15, 0.2) is 18.2 Å². The van der Waals surface area contributed by atoms with E-state index >= 15 is 0 Å². The molecule has 14 heavy (non-hydrogen) atoms. The lowest BCUT2D eigenvalue weighted by molar-refractivity contribution is -0.384. The van der Waals surface area contributed by atoms with Gasteiger partial charge in [-0.25, -0.2) is 0 Å². The molecule has 0 heterocycles. The normalized spacial score (nSPS) is 9.29. The van der Waals surface area contributed by atoms with Crippen LogP contribution in [0.1, 0.15) is 5.56 Å². The molecule has 78 valence electrons. The Bertz CT molecular complexity index is 331. The minimum atomic E-state index is -0.498. The largest absolute Gasteiger partial charge is 0.330 e. The molecule has 4 nitrogen and oxygen atoms in total. The third-order valence-electron chi connectivity index (χ3n) is 1.64. The van der Waals surface area contributed by atoms with E-state index in [1.807, 2.05) is 0 Å². The molecule has 0 aromatic heterocycles. The van der Waals surface area contributed by atoms with Crippen LogP contribution < -0.4 is 5.73 Å². The first-order valence-corrected chi connectivity index (χ1v) is 4.16. The Morgan fingerprint density at radius 1 is 1.50 bits per heavy atom. The van der Waals surface area contributed by atoms with Crippen molar-refractivity contribution in [2.75, 3.05) is 6.54 Å². The molecule has 0 atom stereocenters. The Labute approximate surface area is 92.6 Å². The van der Waals surface area contributed by atoms with Crippen molar-refractivity contribution >= 4 is 29.7 Å². The van der Waals surface area contributed by atoms with Gasteiger partial charge in [-0.1, -0.05) is 17.7 Å². The van der Waals surface area contributed by atoms with Gasteiger partial charge in [-0.15, -0.1) is 12.4 Å². The maximum atomic E-state index is 10.5. The second-order valence-corrected chi connectivity index (χ2v) is 2.99. The third-order valence-corrected chi connectivity index (χ3v) is 1.96. The van der Waals surface area contributed by atoms with Crippen LogP contribution in [-0.4, -0.2) is 11.5 Å². The van der Waals surface area contributed by atoms with Crippen molar-refractivity contribution < 1.29 is 4.92 Å². The second-order valence-electron chi connectivity index (χ2n) is 2.58. The zero-order valence-electron chi connectivity index (χ0n) is 7.27.